The van der Waals surface area contributed by atoms with Crippen molar-refractivity contribution in [2.24, 2.45) is 0 Å². The van der Waals surface area contributed by atoms with Crippen LogP contribution in [0, 0.1) is 10.1 Å². The number of carbonyl (C=O) groups excluding carboxylic acids is 1. The van der Waals surface area contributed by atoms with Gasteiger partial charge in [-0.15, -0.1) is 11.3 Å². The summed E-state index contributed by atoms with van der Waals surface area (Å²) in [7, 11) is 0. The molecule has 0 amide bonds. The van der Waals surface area contributed by atoms with Crippen LogP contribution >= 0.6 is 11.3 Å². The molecule has 1 aromatic rings. The minimum absolute atomic E-state index is 0.0746. The third-order valence-electron chi connectivity index (χ3n) is 2.95. The van der Waals surface area contributed by atoms with Crippen LogP contribution in [0.5, 0.6) is 0 Å². The Morgan fingerprint density at radius 3 is 2.72 bits per heavy atom. The number of hydrogen-bond donors (Lipinski definition) is 0. The van der Waals surface area contributed by atoms with Gasteiger partial charge in [0.25, 0.3) is 0 Å². The van der Waals surface area contributed by atoms with E-state index in [2.05, 4.69) is 11.8 Å². The molecule has 18 heavy (non-hydrogen) atoms. The molecule has 0 radical (unpaired) electrons. The smallest absolute Gasteiger partial charge is 0.304 e. The van der Waals surface area contributed by atoms with E-state index in [1.54, 1.807) is 0 Å². The zero-order valence-corrected chi connectivity index (χ0v) is 11.3. The van der Waals surface area contributed by atoms with Gasteiger partial charge < -0.3 is 4.90 Å². The molecule has 1 heterocycles. The van der Waals surface area contributed by atoms with E-state index in [1.807, 2.05) is 0 Å². The van der Waals surface area contributed by atoms with Gasteiger partial charge in [0.1, 0.15) is 0 Å². The summed E-state index contributed by atoms with van der Waals surface area (Å²) >= 11 is 1.25. The molecule has 6 heteroatoms. The molecule has 5 nitrogen and oxygen atoms in total. The Hall–Kier alpha value is -1.43. The maximum Gasteiger partial charge on any atom is 0.304 e. The Morgan fingerprint density at radius 2 is 2.28 bits per heavy atom. The molecule has 0 N–H and O–H groups in total. The Bertz CT molecular complexity index is 480. The van der Waals surface area contributed by atoms with Gasteiger partial charge in [-0.3, -0.25) is 14.9 Å². The van der Waals surface area contributed by atoms with E-state index in [0.717, 1.165) is 25.8 Å². The van der Waals surface area contributed by atoms with Crippen LogP contribution in [0.3, 0.4) is 0 Å². The normalized spacial score (nSPS) is 14.6. The lowest BCUT2D eigenvalue weighted by atomic mass is 10.3. The summed E-state index contributed by atoms with van der Waals surface area (Å²) in [6, 6.07) is 1.83. The summed E-state index contributed by atoms with van der Waals surface area (Å²) in [6.45, 7) is 4.31. The molecule has 1 aliphatic carbocycles. The summed E-state index contributed by atoms with van der Waals surface area (Å²) in [5.41, 5.74) is 0.0746. The second-order valence-corrected chi connectivity index (χ2v) is 5.57. The van der Waals surface area contributed by atoms with E-state index >= 15 is 0 Å². The lowest BCUT2D eigenvalue weighted by molar-refractivity contribution is -0.383. The molecule has 98 valence electrons. The molecule has 1 fully saturated rings. The minimum atomic E-state index is -0.386. The summed E-state index contributed by atoms with van der Waals surface area (Å²) in [6.07, 6.45) is 3.12. The van der Waals surface area contributed by atoms with E-state index in [-0.39, 0.29) is 16.4 Å². The van der Waals surface area contributed by atoms with Crippen molar-refractivity contribution in [3.8, 4) is 0 Å². The highest BCUT2D eigenvalue weighted by Gasteiger charge is 2.34. The zero-order chi connectivity index (χ0) is 13.3. The molecule has 1 aliphatic rings. The molecule has 0 unspecified atom stereocenters. The molecule has 2 rings (SSSR count). The number of rotatable bonds is 6. The van der Waals surface area contributed by atoms with Crippen LogP contribution < -0.4 is 4.90 Å². The minimum Gasteiger partial charge on any atom is -0.355 e. The third kappa shape index (κ3) is 2.53. The van der Waals surface area contributed by atoms with E-state index in [0.29, 0.717) is 15.9 Å². The summed E-state index contributed by atoms with van der Waals surface area (Å²) in [4.78, 5) is 24.6. The Balaban J connectivity index is 2.39. The fraction of sp³-hybridized carbons (Fsp3) is 0.583. The fourth-order valence-electron chi connectivity index (χ4n) is 1.96. The van der Waals surface area contributed by atoms with Crippen LogP contribution in [-0.2, 0) is 0 Å². The fourth-order valence-corrected chi connectivity index (χ4v) is 3.08. The molecule has 0 aromatic carbocycles. The molecule has 0 saturated heterocycles. The molecule has 0 atom stereocenters. The van der Waals surface area contributed by atoms with Crippen molar-refractivity contribution in [3.63, 3.8) is 0 Å². The van der Waals surface area contributed by atoms with Crippen LogP contribution in [0.25, 0.3) is 0 Å². The van der Waals surface area contributed by atoms with Crippen LogP contribution in [0.2, 0.25) is 0 Å². The topological polar surface area (TPSA) is 63.5 Å². The summed E-state index contributed by atoms with van der Waals surface area (Å²) in [5, 5.41) is 11.7. The number of Topliss-reactive ketones (excluding diaryl/α,β-unsaturated/α-hetero) is 1. The van der Waals surface area contributed by atoms with Gasteiger partial charge in [0.2, 0.25) is 0 Å². The zero-order valence-electron chi connectivity index (χ0n) is 10.5. The Labute approximate surface area is 110 Å². The van der Waals surface area contributed by atoms with E-state index in [9.17, 15) is 14.9 Å². The Kier molecular flexibility index (Phi) is 3.65. The number of anilines is 1. The lowest BCUT2D eigenvalue weighted by Gasteiger charge is -2.21. The SMILES string of the molecule is CCCN(c1sc(C(C)=O)cc1[N+](=O)[O-])C1CC1. The highest BCUT2D eigenvalue weighted by Crippen LogP contribution is 2.42. The summed E-state index contributed by atoms with van der Waals surface area (Å²) < 4.78 is 0. The molecule has 1 saturated carbocycles. The van der Waals surface area contributed by atoms with Crippen molar-refractivity contribution >= 4 is 27.8 Å². The number of ketones is 1. The first-order chi connectivity index (χ1) is 8.54. The van der Waals surface area contributed by atoms with E-state index in [4.69, 9.17) is 0 Å². The number of thiophene rings is 1. The van der Waals surface area contributed by atoms with E-state index < -0.39 is 0 Å². The van der Waals surface area contributed by atoms with Crippen LogP contribution in [-0.4, -0.2) is 23.3 Å². The van der Waals surface area contributed by atoms with Crippen molar-refractivity contribution < 1.29 is 9.72 Å². The van der Waals surface area contributed by atoms with Crippen molar-refractivity contribution in [3.05, 3.63) is 21.1 Å². The molecule has 0 aliphatic heterocycles. The largest absolute Gasteiger partial charge is 0.355 e. The first-order valence-electron chi connectivity index (χ1n) is 6.10. The van der Waals surface area contributed by atoms with Gasteiger partial charge in [-0.2, -0.15) is 0 Å². The molecular formula is C12H16N2O3S. The third-order valence-corrected chi connectivity index (χ3v) is 4.21. The van der Waals surface area contributed by atoms with Gasteiger partial charge in [0.15, 0.2) is 10.8 Å². The van der Waals surface area contributed by atoms with Crippen molar-refractivity contribution in [2.45, 2.75) is 39.2 Å². The van der Waals surface area contributed by atoms with Gasteiger partial charge >= 0.3 is 5.69 Å². The van der Waals surface area contributed by atoms with Crippen molar-refractivity contribution in [1.29, 1.82) is 0 Å². The molecule has 1 aromatic heterocycles. The number of nitro groups is 1. The maximum absolute atomic E-state index is 11.4. The standard InChI is InChI=1S/C12H16N2O3S/c1-3-6-13(9-4-5-9)12-10(14(16)17)7-11(18-12)8(2)15/h7,9H,3-6H2,1-2H3. The summed E-state index contributed by atoms with van der Waals surface area (Å²) in [5.74, 6) is -0.110. The second-order valence-electron chi connectivity index (χ2n) is 4.54. The van der Waals surface area contributed by atoms with Crippen molar-refractivity contribution in [1.82, 2.24) is 0 Å². The molecule has 0 spiro atoms. The van der Waals surface area contributed by atoms with Gasteiger partial charge in [-0.05, 0) is 26.2 Å². The average Bonchev–Trinajstić information content (AvgIpc) is 3.03. The second kappa shape index (κ2) is 5.06. The first kappa shape index (κ1) is 13.0. The van der Waals surface area contributed by atoms with Crippen LogP contribution in [0.4, 0.5) is 10.7 Å². The van der Waals surface area contributed by atoms with Crippen molar-refractivity contribution in [2.75, 3.05) is 11.4 Å². The first-order valence-corrected chi connectivity index (χ1v) is 6.92. The predicted octanol–water partition coefficient (Wildman–Crippen LogP) is 3.24. The van der Waals surface area contributed by atoms with Gasteiger partial charge in [-0.1, -0.05) is 6.92 Å². The number of carbonyl (C=O) groups is 1. The van der Waals surface area contributed by atoms with E-state index in [1.165, 1.54) is 24.3 Å². The predicted molar refractivity (Wildman–Crippen MR) is 71.6 cm³/mol. The molecular weight excluding hydrogens is 252 g/mol. The van der Waals surface area contributed by atoms with Gasteiger partial charge in [0, 0.05) is 18.7 Å². The Morgan fingerprint density at radius 1 is 1.61 bits per heavy atom. The number of nitrogens with zero attached hydrogens (tertiary/aromatic N) is 2. The molecule has 0 bridgehead atoms. The average molecular weight is 268 g/mol. The van der Waals surface area contributed by atoms with Crippen LogP contribution in [0.1, 0.15) is 42.8 Å². The lowest BCUT2D eigenvalue weighted by Crippen LogP contribution is -2.26. The highest BCUT2D eigenvalue weighted by atomic mass is 32.1. The van der Waals surface area contributed by atoms with Crippen LogP contribution in [0.15, 0.2) is 6.07 Å². The van der Waals surface area contributed by atoms with Gasteiger partial charge in [-0.25, -0.2) is 0 Å². The number of hydrogen-bond acceptors (Lipinski definition) is 5. The maximum atomic E-state index is 11.4. The monoisotopic (exact) mass is 268 g/mol. The highest BCUT2D eigenvalue weighted by molar-refractivity contribution is 7.18. The quantitative estimate of drug-likeness (QED) is 0.451. The van der Waals surface area contributed by atoms with Gasteiger partial charge in [0.05, 0.1) is 9.80 Å².